The molecule has 5 atom stereocenters. The highest BCUT2D eigenvalue weighted by Gasteiger charge is 2.62. The van der Waals surface area contributed by atoms with Crippen molar-refractivity contribution in [3.8, 4) is 17.4 Å². The minimum Gasteiger partial charge on any atom is -0.495 e. The number of aryl methyl sites for hydroxylation is 1. The molecular formula is C40H48BrN5O9S2. The van der Waals surface area contributed by atoms with E-state index in [-0.39, 0.29) is 31.4 Å². The quantitative estimate of drug-likeness (QED) is 0.226. The Morgan fingerprint density at radius 2 is 1.88 bits per heavy atom. The van der Waals surface area contributed by atoms with Crippen LogP contribution in [-0.2, 0) is 24.4 Å². The van der Waals surface area contributed by atoms with Gasteiger partial charge in [0.05, 0.1) is 39.9 Å². The highest BCUT2D eigenvalue weighted by atomic mass is 79.9. The smallest absolute Gasteiger partial charge is 0.262 e. The number of carbonyl (C=O) groups excluding carboxylic acids is 4. The molecular weight excluding hydrogens is 839 g/mol. The second-order valence-corrected chi connectivity index (χ2v) is 19.6. The van der Waals surface area contributed by atoms with Crippen LogP contribution < -0.4 is 29.6 Å². The zero-order chi connectivity index (χ0) is 40.6. The molecule has 0 bridgehead atoms. The summed E-state index contributed by atoms with van der Waals surface area (Å²) < 4.78 is 46.8. The van der Waals surface area contributed by atoms with Crippen molar-refractivity contribution >= 4 is 71.8 Å². The van der Waals surface area contributed by atoms with E-state index in [0.29, 0.717) is 69.7 Å². The third-order valence-corrected chi connectivity index (χ3v) is 14.4. The number of aromatic nitrogens is 1. The van der Waals surface area contributed by atoms with Gasteiger partial charge in [-0.2, -0.15) is 0 Å². The van der Waals surface area contributed by atoms with Gasteiger partial charge in [0, 0.05) is 28.7 Å². The number of hydrogen-bond acceptors (Lipinski definition) is 11. The van der Waals surface area contributed by atoms with Crippen molar-refractivity contribution < 1.29 is 41.8 Å². The summed E-state index contributed by atoms with van der Waals surface area (Å²) in [6.07, 6.45) is 7.39. The molecule has 1 aromatic carbocycles. The van der Waals surface area contributed by atoms with Gasteiger partial charge in [-0.3, -0.25) is 23.9 Å². The van der Waals surface area contributed by atoms with E-state index in [1.54, 1.807) is 25.3 Å². The summed E-state index contributed by atoms with van der Waals surface area (Å²) in [6.45, 7) is 5.64. The van der Waals surface area contributed by atoms with Gasteiger partial charge in [-0.1, -0.05) is 25.0 Å². The van der Waals surface area contributed by atoms with E-state index in [9.17, 15) is 27.6 Å². The molecule has 14 nitrogen and oxygen atoms in total. The fraction of sp³-hybridized carbons (Fsp3) is 0.525. The molecule has 306 valence electrons. The fourth-order valence-corrected chi connectivity index (χ4v) is 10.3. The Bertz CT molecular complexity index is 2210. The standard InChI is InChI=1S/C40H48BrN5O9S2/c1-22(2)54-33-19-31(27-15-16-30(53-4)34(41)35(27)43-33)55-25-18-29-36(47)44-40(39(50)45-57(51,52)26-13-14-26)20-24(40)10-8-6-5-7-9-11-28(38(49)46(29)21-25)42-37(48)32-17-12-23(3)56-32/h8,10,12,15-17,19,22,24-26,28-29H,5-7,9,11,13-14,18,20-21H2,1-4H3,(H,42,48)(H,44,47)(H,45,50). The number of benzene rings is 1. The van der Waals surface area contributed by atoms with Gasteiger partial charge in [-0.15, -0.1) is 11.3 Å². The Labute approximate surface area is 344 Å². The number of nitrogens with zero attached hydrogens (tertiary/aromatic N) is 2. The fourth-order valence-electron chi connectivity index (χ4n) is 7.56. The van der Waals surface area contributed by atoms with Gasteiger partial charge in [-0.25, -0.2) is 13.4 Å². The first-order valence-electron chi connectivity index (χ1n) is 19.4. The number of thiophene rings is 1. The maximum Gasteiger partial charge on any atom is 0.262 e. The first-order chi connectivity index (χ1) is 27.2. The first-order valence-corrected chi connectivity index (χ1v) is 22.6. The van der Waals surface area contributed by atoms with Crippen LogP contribution in [0, 0.1) is 12.8 Å². The number of methoxy groups -OCH3 is 1. The topological polar surface area (TPSA) is 182 Å². The van der Waals surface area contributed by atoms with Crippen LogP contribution in [0.1, 0.15) is 86.2 Å². The lowest BCUT2D eigenvalue weighted by Gasteiger charge is -2.29. The molecule has 5 unspecified atom stereocenters. The molecule has 4 heterocycles. The SMILES string of the molecule is COc1ccc2c(OC3CC4C(=O)NC5(C(=O)NS(=O)(=O)C6CC6)CC5C=CCCCCCC(NC(=O)c5ccc(C)s5)C(=O)N4C3)cc(OC(C)C)nc2c1Br. The van der Waals surface area contributed by atoms with Crippen molar-refractivity contribution in [1.29, 1.82) is 0 Å². The zero-order valence-corrected chi connectivity index (χ0v) is 35.6. The van der Waals surface area contributed by atoms with Gasteiger partial charge in [0.1, 0.15) is 35.2 Å². The molecule has 17 heteroatoms. The average molecular weight is 887 g/mol. The number of carbonyl (C=O) groups is 4. The molecule has 2 aliphatic carbocycles. The predicted octanol–water partition coefficient (Wildman–Crippen LogP) is 5.31. The van der Waals surface area contributed by atoms with Crippen LogP contribution in [0.25, 0.3) is 10.9 Å². The molecule has 2 aromatic heterocycles. The van der Waals surface area contributed by atoms with Gasteiger partial charge in [0.15, 0.2) is 0 Å². The van der Waals surface area contributed by atoms with Crippen molar-refractivity contribution in [1.82, 2.24) is 25.2 Å². The van der Waals surface area contributed by atoms with Crippen molar-refractivity contribution in [2.45, 2.75) is 114 Å². The van der Waals surface area contributed by atoms with Crippen LogP contribution in [0.15, 0.2) is 47.0 Å². The summed E-state index contributed by atoms with van der Waals surface area (Å²) >= 11 is 4.93. The van der Waals surface area contributed by atoms with Crippen LogP contribution in [0.5, 0.6) is 17.4 Å². The number of nitrogens with one attached hydrogen (secondary N) is 3. The summed E-state index contributed by atoms with van der Waals surface area (Å²) in [6, 6.07) is 6.76. The Balaban J connectivity index is 1.23. The Morgan fingerprint density at radius 3 is 2.58 bits per heavy atom. The van der Waals surface area contributed by atoms with Crippen molar-refractivity contribution in [3.63, 3.8) is 0 Å². The van der Waals surface area contributed by atoms with Crippen molar-refractivity contribution in [2.75, 3.05) is 13.7 Å². The van der Waals surface area contributed by atoms with E-state index in [1.165, 1.54) is 16.2 Å². The van der Waals surface area contributed by atoms with E-state index in [2.05, 4.69) is 31.3 Å². The molecule has 0 spiro atoms. The monoisotopic (exact) mass is 885 g/mol. The van der Waals surface area contributed by atoms with E-state index >= 15 is 0 Å². The van der Waals surface area contributed by atoms with Gasteiger partial charge >= 0.3 is 0 Å². The van der Waals surface area contributed by atoms with E-state index in [1.807, 2.05) is 45.1 Å². The minimum atomic E-state index is -3.90. The van der Waals surface area contributed by atoms with Crippen LogP contribution in [0.4, 0.5) is 0 Å². The maximum absolute atomic E-state index is 14.7. The largest absolute Gasteiger partial charge is 0.495 e. The Hall–Kier alpha value is -4.22. The molecule has 3 fully saturated rings. The van der Waals surface area contributed by atoms with Crippen LogP contribution >= 0.6 is 27.3 Å². The number of pyridine rings is 1. The summed E-state index contributed by atoms with van der Waals surface area (Å²) in [5.74, 6) is -1.40. The molecule has 3 N–H and O–H groups in total. The summed E-state index contributed by atoms with van der Waals surface area (Å²) in [7, 11) is -2.35. The number of amides is 4. The first kappa shape index (κ1) is 41.0. The van der Waals surface area contributed by atoms with Crippen molar-refractivity contribution in [2.24, 2.45) is 5.92 Å². The molecule has 4 amide bonds. The molecule has 7 rings (SSSR count). The van der Waals surface area contributed by atoms with Crippen LogP contribution in [0.3, 0.4) is 0 Å². The lowest BCUT2D eigenvalue weighted by atomic mass is 10.0. The minimum absolute atomic E-state index is 0.0124. The number of sulfonamides is 1. The molecule has 1 saturated heterocycles. The highest BCUT2D eigenvalue weighted by Crippen LogP contribution is 2.46. The van der Waals surface area contributed by atoms with Gasteiger partial charge in [-0.05, 0) is 99.5 Å². The zero-order valence-electron chi connectivity index (χ0n) is 32.3. The summed E-state index contributed by atoms with van der Waals surface area (Å²) in [4.78, 5) is 64.1. The number of hydrogen-bond donors (Lipinski definition) is 3. The highest BCUT2D eigenvalue weighted by molar-refractivity contribution is 9.10. The van der Waals surface area contributed by atoms with Crippen LogP contribution in [0.2, 0.25) is 0 Å². The Kier molecular flexibility index (Phi) is 11.9. The van der Waals surface area contributed by atoms with Gasteiger partial charge < -0.3 is 29.7 Å². The molecule has 0 radical (unpaired) electrons. The second-order valence-electron chi connectivity index (χ2n) is 15.5. The van der Waals surface area contributed by atoms with Crippen molar-refractivity contribution in [3.05, 3.63) is 56.7 Å². The van der Waals surface area contributed by atoms with E-state index < -0.39 is 62.6 Å². The summed E-state index contributed by atoms with van der Waals surface area (Å²) in [5, 5.41) is 5.87. The second kappa shape index (κ2) is 16.6. The molecule has 2 aliphatic heterocycles. The number of allylic oxidation sites excluding steroid dienone is 1. The molecule has 57 heavy (non-hydrogen) atoms. The lowest BCUT2D eigenvalue weighted by Crippen LogP contribution is -2.58. The number of rotatable bonds is 10. The third-order valence-electron chi connectivity index (χ3n) is 10.8. The molecule has 3 aromatic rings. The lowest BCUT2D eigenvalue weighted by molar-refractivity contribution is -0.141. The number of ether oxygens (including phenoxy) is 3. The summed E-state index contributed by atoms with van der Waals surface area (Å²) in [5.41, 5.74) is -0.985. The number of halogens is 1. The molecule has 2 saturated carbocycles. The predicted molar refractivity (Wildman–Crippen MR) is 218 cm³/mol. The van der Waals surface area contributed by atoms with E-state index in [4.69, 9.17) is 19.2 Å². The van der Waals surface area contributed by atoms with Gasteiger partial charge in [0.2, 0.25) is 27.7 Å². The average Bonchev–Trinajstić information content (AvgIpc) is 4.05. The van der Waals surface area contributed by atoms with E-state index in [0.717, 1.165) is 17.7 Å². The van der Waals surface area contributed by atoms with Gasteiger partial charge in [0.25, 0.3) is 11.8 Å². The Morgan fingerprint density at radius 1 is 1.09 bits per heavy atom. The number of fused-ring (bicyclic) bond motifs is 3. The normalized spacial score (nSPS) is 25.5. The molecule has 4 aliphatic rings. The third kappa shape index (κ3) is 8.94. The van der Waals surface area contributed by atoms with Crippen LogP contribution in [-0.4, -0.2) is 90.7 Å². The maximum atomic E-state index is 14.7.